The summed E-state index contributed by atoms with van der Waals surface area (Å²) in [6.07, 6.45) is 0. The van der Waals surface area contributed by atoms with Gasteiger partial charge in [0.15, 0.2) is 17.5 Å². The van der Waals surface area contributed by atoms with Crippen LogP contribution in [0.25, 0.3) is 72.4 Å². The Bertz CT molecular complexity index is 2650. The first-order chi connectivity index (χ1) is 24.3. The fraction of sp³-hybridized carbons (Fsp3) is 0. The molecular weight excluding hydrogens is 637 g/mol. The molecule has 0 saturated carbocycles. The van der Waals surface area contributed by atoms with E-state index in [-0.39, 0.29) is 0 Å². The Kier molecular flexibility index (Phi) is 6.64. The van der Waals surface area contributed by atoms with Crippen LogP contribution in [0.15, 0.2) is 177 Å². The van der Waals surface area contributed by atoms with Gasteiger partial charge in [-0.3, -0.25) is 0 Å². The maximum absolute atomic E-state index is 4.97. The normalized spacial score (nSPS) is 12.3. The fourth-order valence-electron chi connectivity index (χ4n) is 6.82. The molecular formula is C43H26N4S2. The second kappa shape index (κ2) is 11.5. The zero-order valence-electron chi connectivity index (χ0n) is 26.1. The number of rotatable bonds is 4. The number of hydrogen-bond acceptors (Lipinski definition) is 5. The van der Waals surface area contributed by atoms with Gasteiger partial charge in [0.1, 0.15) is 0 Å². The molecule has 0 amide bonds. The molecule has 4 nitrogen and oxygen atoms in total. The van der Waals surface area contributed by atoms with E-state index < -0.39 is 0 Å². The van der Waals surface area contributed by atoms with Gasteiger partial charge in [-0.2, -0.15) is 0 Å². The second-order valence-corrected chi connectivity index (χ2v) is 14.2. The molecule has 10 rings (SSSR count). The minimum Gasteiger partial charge on any atom is -0.308 e. The van der Waals surface area contributed by atoms with Gasteiger partial charge in [0.2, 0.25) is 0 Å². The minimum atomic E-state index is 0.647. The molecule has 7 aromatic carbocycles. The summed E-state index contributed by atoms with van der Waals surface area (Å²) < 4.78 is 2.44. The van der Waals surface area contributed by atoms with Crippen LogP contribution in [0.3, 0.4) is 0 Å². The predicted octanol–water partition coefficient (Wildman–Crippen LogP) is 11.7. The lowest BCUT2D eigenvalue weighted by molar-refractivity contribution is 1.07. The maximum Gasteiger partial charge on any atom is 0.164 e. The third-order valence-corrected chi connectivity index (χ3v) is 11.7. The summed E-state index contributed by atoms with van der Waals surface area (Å²) in [5, 5.41) is 5.05. The second-order valence-electron chi connectivity index (χ2n) is 12.0. The van der Waals surface area contributed by atoms with Crippen LogP contribution in [0, 0.1) is 0 Å². The van der Waals surface area contributed by atoms with Crippen LogP contribution >= 0.6 is 23.5 Å². The molecule has 230 valence electrons. The van der Waals surface area contributed by atoms with Crippen LogP contribution < -0.4 is 0 Å². The van der Waals surface area contributed by atoms with Crippen molar-refractivity contribution in [2.24, 2.45) is 0 Å². The molecule has 0 unspecified atom stereocenters. The molecule has 0 saturated heterocycles. The van der Waals surface area contributed by atoms with Crippen molar-refractivity contribution in [3.05, 3.63) is 158 Å². The lowest BCUT2D eigenvalue weighted by atomic mass is 10.0. The molecule has 1 aliphatic heterocycles. The van der Waals surface area contributed by atoms with Gasteiger partial charge in [-0.05, 0) is 59.3 Å². The molecule has 0 fully saturated rings. The molecule has 0 bridgehead atoms. The van der Waals surface area contributed by atoms with Gasteiger partial charge in [-0.25, -0.2) is 15.0 Å². The summed E-state index contributed by atoms with van der Waals surface area (Å²) in [6, 6.07) is 55.4. The monoisotopic (exact) mass is 662 g/mol. The molecule has 0 aliphatic carbocycles. The third kappa shape index (κ3) is 4.75. The van der Waals surface area contributed by atoms with Crippen molar-refractivity contribution in [3.8, 4) is 39.9 Å². The van der Waals surface area contributed by atoms with E-state index in [0.29, 0.717) is 17.5 Å². The molecule has 2 aromatic heterocycles. The Morgan fingerprint density at radius 1 is 0.408 bits per heavy atom. The molecule has 6 heteroatoms. The van der Waals surface area contributed by atoms with Crippen molar-refractivity contribution in [1.82, 2.24) is 19.5 Å². The van der Waals surface area contributed by atoms with E-state index in [0.717, 1.165) is 22.4 Å². The van der Waals surface area contributed by atoms with Crippen LogP contribution in [0.5, 0.6) is 0 Å². The van der Waals surface area contributed by atoms with Crippen LogP contribution in [0.4, 0.5) is 0 Å². The van der Waals surface area contributed by atoms with E-state index in [9.17, 15) is 0 Å². The summed E-state index contributed by atoms with van der Waals surface area (Å²) in [6.45, 7) is 0. The van der Waals surface area contributed by atoms with Crippen molar-refractivity contribution in [1.29, 1.82) is 0 Å². The highest BCUT2D eigenvalue weighted by atomic mass is 32.2. The Morgan fingerprint density at radius 3 is 1.65 bits per heavy atom. The van der Waals surface area contributed by atoms with E-state index in [4.69, 9.17) is 15.0 Å². The molecule has 3 heterocycles. The van der Waals surface area contributed by atoms with Gasteiger partial charge in [0.05, 0.1) is 15.9 Å². The SMILES string of the molecule is c1ccc(-c2nc(-c3ccccc3)nc(-c3ccc(-n4c5ccc6ccccc6c5c5ccc6c(c54)Sc4ccccc4S6)cc3)n2)cc1. The van der Waals surface area contributed by atoms with Gasteiger partial charge < -0.3 is 4.57 Å². The Hall–Kier alpha value is -5.69. The van der Waals surface area contributed by atoms with Crippen molar-refractivity contribution >= 4 is 56.1 Å². The first-order valence-corrected chi connectivity index (χ1v) is 17.8. The molecule has 49 heavy (non-hydrogen) atoms. The molecule has 0 N–H and O–H groups in total. The topological polar surface area (TPSA) is 43.6 Å². The lowest BCUT2D eigenvalue weighted by Crippen LogP contribution is -2.01. The molecule has 9 aromatic rings. The largest absolute Gasteiger partial charge is 0.308 e. The van der Waals surface area contributed by atoms with E-state index >= 15 is 0 Å². The fourth-order valence-corrected chi connectivity index (χ4v) is 9.20. The zero-order valence-corrected chi connectivity index (χ0v) is 27.7. The van der Waals surface area contributed by atoms with E-state index in [1.165, 1.54) is 52.2 Å². The standard InChI is InChI=1S/C43H26N4S2/c1-3-12-28(13-4-1)41-44-42(29-14-5-2-6-15-29)46-43(45-41)30-19-22-31(23-20-30)47-34-25-21-27-11-7-8-16-32(27)38(34)33-24-26-37-40(39(33)47)49-36-18-10-9-17-35(36)48-37/h1-26H. The summed E-state index contributed by atoms with van der Waals surface area (Å²) in [5.74, 6) is 1.96. The van der Waals surface area contributed by atoms with E-state index in [1.54, 1.807) is 0 Å². The lowest BCUT2D eigenvalue weighted by Gasteiger charge is -2.20. The van der Waals surface area contributed by atoms with Gasteiger partial charge in [0, 0.05) is 47.8 Å². The van der Waals surface area contributed by atoms with E-state index in [1.807, 2.05) is 84.2 Å². The molecule has 0 radical (unpaired) electrons. The van der Waals surface area contributed by atoms with Crippen molar-refractivity contribution in [3.63, 3.8) is 0 Å². The third-order valence-electron chi connectivity index (χ3n) is 9.10. The van der Waals surface area contributed by atoms with Crippen LogP contribution in [-0.4, -0.2) is 19.5 Å². The van der Waals surface area contributed by atoms with Gasteiger partial charge in [-0.15, -0.1) is 0 Å². The molecule has 1 aliphatic rings. The van der Waals surface area contributed by atoms with Crippen molar-refractivity contribution in [2.45, 2.75) is 19.6 Å². The quantitative estimate of drug-likeness (QED) is 0.188. The summed E-state index contributed by atoms with van der Waals surface area (Å²) in [7, 11) is 0. The minimum absolute atomic E-state index is 0.647. The highest BCUT2D eigenvalue weighted by molar-refractivity contribution is 8.05. The highest BCUT2D eigenvalue weighted by Gasteiger charge is 2.25. The zero-order chi connectivity index (χ0) is 32.3. The maximum atomic E-state index is 4.97. The first-order valence-electron chi connectivity index (χ1n) is 16.2. The average Bonchev–Trinajstić information content (AvgIpc) is 3.53. The summed E-state index contributed by atoms with van der Waals surface area (Å²) in [5.41, 5.74) is 6.38. The average molecular weight is 663 g/mol. The van der Waals surface area contributed by atoms with Gasteiger partial charge in [0.25, 0.3) is 0 Å². The Morgan fingerprint density at radius 2 is 0.980 bits per heavy atom. The van der Waals surface area contributed by atoms with Crippen molar-refractivity contribution in [2.75, 3.05) is 0 Å². The van der Waals surface area contributed by atoms with Gasteiger partial charge >= 0.3 is 0 Å². The van der Waals surface area contributed by atoms with Gasteiger partial charge in [-0.1, -0.05) is 133 Å². The summed E-state index contributed by atoms with van der Waals surface area (Å²) >= 11 is 3.73. The highest BCUT2D eigenvalue weighted by Crippen LogP contribution is 2.53. The van der Waals surface area contributed by atoms with Crippen LogP contribution in [0.1, 0.15) is 0 Å². The van der Waals surface area contributed by atoms with Crippen LogP contribution in [0.2, 0.25) is 0 Å². The van der Waals surface area contributed by atoms with E-state index in [2.05, 4.69) is 102 Å². The van der Waals surface area contributed by atoms with Crippen molar-refractivity contribution < 1.29 is 0 Å². The smallest absolute Gasteiger partial charge is 0.164 e. The number of benzene rings is 7. The first kappa shape index (κ1) is 28.3. The summed E-state index contributed by atoms with van der Waals surface area (Å²) in [4.78, 5) is 20.0. The molecule has 0 atom stereocenters. The predicted molar refractivity (Wildman–Crippen MR) is 203 cm³/mol. The van der Waals surface area contributed by atoms with Crippen LogP contribution in [-0.2, 0) is 0 Å². The number of hydrogen-bond donors (Lipinski definition) is 0. The number of nitrogens with zero attached hydrogens (tertiary/aromatic N) is 4. The Labute approximate surface area is 291 Å². The number of aromatic nitrogens is 4. The molecule has 0 spiro atoms. The number of fused-ring (bicyclic) bond motifs is 8. The Balaban J connectivity index is 1.17.